The number of nitrogens with one attached hydrogen (secondary N) is 2. The summed E-state index contributed by atoms with van der Waals surface area (Å²) >= 11 is 1.93. The summed E-state index contributed by atoms with van der Waals surface area (Å²) in [5.41, 5.74) is -0.327. The summed E-state index contributed by atoms with van der Waals surface area (Å²) in [6.45, 7) is 7.22. The van der Waals surface area contributed by atoms with Crippen LogP contribution < -0.4 is 10.6 Å². The zero-order valence-corrected chi connectivity index (χ0v) is 11.5. The first-order valence-corrected chi connectivity index (χ1v) is 7.37. The summed E-state index contributed by atoms with van der Waals surface area (Å²) in [6, 6.07) is 0.283. The number of hydrogen-bond donors (Lipinski definition) is 2. The zero-order valence-electron chi connectivity index (χ0n) is 10.6. The summed E-state index contributed by atoms with van der Waals surface area (Å²) in [6.07, 6.45) is 3.11. The van der Waals surface area contributed by atoms with Crippen LogP contribution in [0.4, 0.5) is 0 Å². The molecular formula is C12H24N2OS. The highest BCUT2D eigenvalue weighted by Gasteiger charge is 2.36. The van der Waals surface area contributed by atoms with Crippen molar-refractivity contribution in [2.45, 2.75) is 51.6 Å². The van der Waals surface area contributed by atoms with Gasteiger partial charge in [0.1, 0.15) is 0 Å². The van der Waals surface area contributed by atoms with Gasteiger partial charge in [0.25, 0.3) is 0 Å². The van der Waals surface area contributed by atoms with Crippen LogP contribution in [0.3, 0.4) is 0 Å². The maximum atomic E-state index is 12.0. The maximum absolute atomic E-state index is 12.0. The van der Waals surface area contributed by atoms with E-state index < -0.39 is 0 Å². The highest BCUT2D eigenvalue weighted by molar-refractivity contribution is 7.99. The van der Waals surface area contributed by atoms with Crippen molar-refractivity contribution >= 4 is 17.7 Å². The van der Waals surface area contributed by atoms with Crippen LogP contribution in [0.5, 0.6) is 0 Å². The van der Waals surface area contributed by atoms with Crippen LogP contribution in [-0.4, -0.2) is 35.5 Å². The second-order valence-electron chi connectivity index (χ2n) is 4.72. The highest BCUT2D eigenvalue weighted by Crippen LogP contribution is 2.18. The Hall–Kier alpha value is -0.220. The van der Waals surface area contributed by atoms with Crippen molar-refractivity contribution in [1.29, 1.82) is 0 Å². The van der Waals surface area contributed by atoms with Gasteiger partial charge < -0.3 is 10.6 Å². The SMILES string of the molecule is CCSCCC(C)NC(=O)C1(C)CCCN1. The van der Waals surface area contributed by atoms with E-state index in [1.165, 1.54) is 0 Å². The van der Waals surface area contributed by atoms with Crippen LogP contribution >= 0.6 is 11.8 Å². The van der Waals surface area contributed by atoms with Gasteiger partial charge in [0.05, 0.1) is 5.54 Å². The molecule has 1 aliphatic heterocycles. The largest absolute Gasteiger partial charge is 0.352 e. The monoisotopic (exact) mass is 244 g/mol. The molecule has 1 rings (SSSR count). The summed E-state index contributed by atoms with van der Waals surface area (Å²) in [5.74, 6) is 2.45. The molecule has 1 fully saturated rings. The standard InChI is InChI=1S/C12H24N2OS/c1-4-16-9-6-10(2)14-11(15)12(3)7-5-8-13-12/h10,13H,4-9H2,1-3H3,(H,14,15). The Morgan fingerprint density at radius 2 is 2.38 bits per heavy atom. The van der Waals surface area contributed by atoms with Crippen molar-refractivity contribution in [2.24, 2.45) is 0 Å². The lowest BCUT2D eigenvalue weighted by Gasteiger charge is -2.25. The normalized spacial score (nSPS) is 26.7. The number of carbonyl (C=O) groups is 1. The van der Waals surface area contributed by atoms with E-state index in [1.54, 1.807) is 0 Å². The molecule has 3 nitrogen and oxygen atoms in total. The van der Waals surface area contributed by atoms with E-state index >= 15 is 0 Å². The van der Waals surface area contributed by atoms with Gasteiger partial charge in [-0.05, 0) is 51.2 Å². The van der Waals surface area contributed by atoms with Gasteiger partial charge in [-0.3, -0.25) is 4.79 Å². The third kappa shape index (κ3) is 3.98. The molecule has 0 spiro atoms. The Labute approximate surface area is 103 Å². The van der Waals surface area contributed by atoms with E-state index in [2.05, 4.69) is 24.5 Å². The predicted molar refractivity (Wildman–Crippen MR) is 70.9 cm³/mol. The quantitative estimate of drug-likeness (QED) is 0.700. The molecule has 4 heteroatoms. The topological polar surface area (TPSA) is 41.1 Å². The van der Waals surface area contributed by atoms with Gasteiger partial charge in [-0.2, -0.15) is 11.8 Å². The molecule has 0 bridgehead atoms. The van der Waals surface area contributed by atoms with E-state index in [1.807, 2.05) is 18.7 Å². The molecule has 1 aliphatic rings. The Morgan fingerprint density at radius 3 is 2.94 bits per heavy atom. The number of rotatable bonds is 6. The van der Waals surface area contributed by atoms with E-state index in [-0.39, 0.29) is 17.5 Å². The van der Waals surface area contributed by atoms with E-state index in [0.717, 1.165) is 37.3 Å². The minimum atomic E-state index is -0.327. The number of hydrogen-bond acceptors (Lipinski definition) is 3. The van der Waals surface area contributed by atoms with Crippen molar-refractivity contribution < 1.29 is 4.79 Å². The van der Waals surface area contributed by atoms with Crippen LogP contribution in [0.15, 0.2) is 0 Å². The molecule has 0 aliphatic carbocycles. The molecule has 2 unspecified atom stereocenters. The van der Waals surface area contributed by atoms with Crippen LogP contribution in [0.1, 0.15) is 40.0 Å². The van der Waals surface area contributed by atoms with Gasteiger partial charge in [0.15, 0.2) is 0 Å². The average Bonchev–Trinajstić information content (AvgIpc) is 2.67. The fourth-order valence-corrected chi connectivity index (χ4v) is 2.76. The molecule has 0 aromatic heterocycles. The molecule has 0 aromatic rings. The molecule has 2 N–H and O–H groups in total. The second kappa shape index (κ2) is 6.50. The van der Waals surface area contributed by atoms with Gasteiger partial charge in [0, 0.05) is 6.04 Å². The molecule has 1 saturated heterocycles. The summed E-state index contributed by atoms with van der Waals surface area (Å²) in [5, 5.41) is 6.39. The Bertz CT molecular complexity index is 227. The Morgan fingerprint density at radius 1 is 1.62 bits per heavy atom. The van der Waals surface area contributed by atoms with Crippen molar-refractivity contribution in [3.8, 4) is 0 Å². The number of carbonyl (C=O) groups excluding carboxylic acids is 1. The smallest absolute Gasteiger partial charge is 0.240 e. The lowest BCUT2D eigenvalue weighted by atomic mass is 9.99. The number of thioether (sulfide) groups is 1. The Kier molecular flexibility index (Phi) is 5.62. The van der Waals surface area contributed by atoms with E-state index in [0.29, 0.717) is 0 Å². The van der Waals surface area contributed by atoms with Crippen molar-refractivity contribution in [1.82, 2.24) is 10.6 Å². The van der Waals surface area contributed by atoms with Gasteiger partial charge in [-0.1, -0.05) is 6.92 Å². The first kappa shape index (κ1) is 13.8. The third-order valence-corrected chi connectivity index (χ3v) is 4.08. The van der Waals surface area contributed by atoms with Crippen LogP contribution in [0.2, 0.25) is 0 Å². The lowest BCUT2D eigenvalue weighted by Crippen LogP contribution is -2.53. The van der Waals surface area contributed by atoms with E-state index in [9.17, 15) is 4.79 Å². The van der Waals surface area contributed by atoms with Crippen molar-refractivity contribution in [3.63, 3.8) is 0 Å². The average molecular weight is 244 g/mol. The van der Waals surface area contributed by atoms with Gasteiger partial charge >= 0.3 is 0 Å². The molecule has 1 amide bonds. The van der Waals surface area contributed by atoms with Crippen LogP contribution in [0, 0.1) is 0 Å². The first-order chi connectivity index (χ1) is 7.58. The molecule has 94 valence electrons. The minimum Gasteiger partial charge on any atom is -0.352 e. The third-order valence-electron chi connectivity index (χ3n) is 3.15. The lowest BCUT2D eigenvalue weighted by molar-refractivity contribution is -0.127. The van der Waals surface area contributed by atoms with E-state index in [4.69, 9.17) is 0 Å². The van der Waals surface area contributed by atoms with Crippen molar-refractivity contribution in [3.05, 3.63) is 0 Å². The molecular weight excluding hydrogens is 220 g/mol. The van der Waals surface area contributed by atoms with Crippen LogP contribution in [-0.2, 0) is 4.79 Å². The molecule has 16 heavy (non-hydrogen) atoms. The summed E-state index contributed by atoms with van der Waals surface area (Å²) in [7, 11) is 0. The summed E-state index contributed by atoms with van der Waals surface area (Å²) in [4.78, 5) is 12.0. The highest BCUT2D eigenvalue weighted by atomic mass is 32.2. The maximum Gasteiger partial charge on any atom is 0.240 e. The molecule has 2 atom stereocenters. The minimum absolute atomic E-state index is 0.166. The molecule has 0 saturated carbocycles. The van der Waals surface area contributed by atoms with Gasteiger partial charge in [-0.15, -0.1) is 0 Å². The molecule has 0 radical (unpaired) electrons. The zero-order chi connectivity index (χ0) is 12.0. The van der Waals surface area contributed by atoms with Crippen LogP contribution in [0.25, 0.3) is 0 Å². The molecule has 1 heterocycles. The molecule has 0 aromatic carbocycles. The number of amides is 1. The predicted octanol–water partition coefficient (Wildman–Crippen LogP) is 1.78. The summed E-state index contributed by atoms with van der Waals surface area (Å²) < 4.78 is 0. The van der Waals surface area contributed by atoms with Crippen molar-refractivity contribution in [2.75, 3.05) is 18.1 Å². The first-order valence-electron chi connectivity index (χ1n) is 6.22. The Balaban J connectivity index is 2.27. The van der Waals surface area contributed by atoms with Gasteiger partial charge in [-0.25, -0.2) is 0 Å². The second-order valence-corrected chi connectivity index (χ2v) is 6.12. The fourth-order valence-electron chi connectivity index (χ4n) is 1.95. The fraction of sp³-hybridized carbons (Fsp3) is 0.917. The van der Waals surface area contributed by atoms with Gasteiger partial charge in [0.2, 0.25) is 5.91 Å².